The SMILES string of the molecule is Cc1cnc(N2CCN(C(=O)c3[c]c(CN)ccc3)CC2)c(C)c1. The second-order valence-corrected chi connectivity index (χ2v) is 6.23. The summed E-state index contributed by atoms with van der Waals surface area (Å²) in [6.45, 7) is 7.49. The van der Waals surface area contributed by atoms with Crippen molar-refractivity contribution in [3.05, 3.63) is 58.8 Å². The first-order valence-electron chi connectivity index (χ1n) is 8.27. The molecule has 1 fully saturated rings. The van der Waals surface area contributed by atoms with Gasteiger partial charge in [0.1, 0.15) is 5.82 Å². The fraction of sp³-hybridized carbons (Fsp3) is 0.368. The van der Waals surface area contributed by atoms with Gasteiger partial charge in [0.25, 0.3) is 5.91 Å². The first kappa shape index (κ1) is 16.5. The van der Waals surface area contributed by atoms with Crippen molar-refractivity contribution in [3.63, 3.8) is 0 Å². The minimum absolute atomic E-state index is 0.0264. The highest BCUT2D eigenvalue weighted by molar-refractivity contribution is 5.94. The number of hydrogen-bond acceptors (Lipinski definition) is 4. The molecule has 1 amide bonds. The monoisotopic (exact) mass is 323 g/mol. The van der Waals surface area contributed by atoms with E-state index in [4.69, 9.17) is 5.73 Å². The Bertz CT molecular complexity index is 736. The molecule has 1 aliphatic rings. The molecule has 24 heavy (non-hydrogen) atoms. The Labute approximate surface area is 143 Å². The van der Waals surface area contributed by atoms with Crippen molar-refractivity contribution in [3.8, 4) is 0 Å². The minimum Gasteiger partial charge on any atom is -0.353 e. The maximum absolute atomic E-state index is 12.6. The maximum Gasteiger partial charge on any atom is 0.254 e. The molecule has 125 valence electrons. The summed E-state index contributed by atoms with van der Waals surface area (Å²) < 4.78 is 0. The molecular formula is C19H23N4O. The third kappa shape index (κ3) is 3.41. The summed E-state index contributed by atoms with van der Waals surface area (Å²) >= 11 is 0. The standard InChI is InChI=1S/C19H23N4O/c1-14-10-15(2)18(21-13-14)22-6-8-23(9-7-22)19(24)17-5-3-4-16(11-17)12-20/h3-5,10,13H,6-9,12,20H2,1-2H3. The van der Waals surface area contributed by atoms with Crippen LogP contribution in [-0.4, -0.2) is 42.0 Å². The molecule has 0 atom stereocenters. The van der Waals surface area contributed by atoms with Crippen LogP contribution in [-0.2, 0) is 6.54 Å². The molecular weight excluding hydrogens is 300 g/mol. The number of nitrogens with two attached hydrogens (primary N) is 1. The van der Waals surface area contributed by atoms with Crippen LogP contribution in [0.15, 0.2) is 30.5 Å². The Balaban J connectivity index is 1.67. The predicted molar refractivity (Wildman–Crippen MR) is 95.0 cm³/mol. The lowest BCUT2D eigenvalue weighted by molar-refractivity contribution is 0.0746. The van der Waals surface area contributed by atoms with E-state index in [1.165, 1.54) is 11.1 Å². The summed E-state index contributed by atoms with van der Waals surface area (Å²) in [6, 6.07) is 10.8. The van der Waals surface area contributed by atoms with Crippen LogP contribution in [0.5, 0.6) is 0 Å². The third-order valence-corrected chi connectivity index (χ3v) is 4.36. The van der Waals surface area contributed by atoms with Gasteiger partial charge in [-0.25, -0.2) is 4.98 Å². The smallest absolute Gasteiger partial charge is 0.254 e. The molecule has 0 saturated carbocycles. The van der Waals surface area contributed by atoms with Gasteiger partial charge in [-0.05, 0) is 36.6 Å². The van der Waals surface area contributed by atoms with Crippen LogP contribution in [0.2, 0.25) is 0 Å². The normalized spacial score (nSPS) is 14.8. The highest BCUT2D eigenvalue weighted by atomic mass is 16.2. The van der Waals surface area contributed by atoms with E-state index in [0.717, 1.165) is 24.5 Å². The molecule has 1 radical (unpaired) electrons. The van der Waals surface area contributed by atoms with Crippen molar-refractivity contribution in [1.29, 1.82) is 0 Å². The number of pyridine rings is 1. The number of anilines is 1. The van der Waals surface area contributed by atoms with Crippen molar-refractivity contribution in [2.75, 3.05) is 31.1 Å². The van der Waals surface area contributed by atoms with Crippen LogP contribution in [0.4, 0.5) is 5.82 Å². The highest BCUT2D eigenvalue weighted by Gasteiger charge is 2.23. The molecule has 5 heteroatoms. The number of hydrogen-bond donors (Lipinski definition) is 1. The number of aromatic nitrogens is 1. The summed E-state index contributed by atoms with van der Waals surface area (Å²) in [4.78, 5) is 21.3. The van der Waals surface area contributed by atoms with Crippen molar-refractivity contribution in [2.24, 2.45) is 5.73 Å². The van der Waals surface area contributed by atoms with Crippen LogP contribution >= 0.6 is 0 Å². The van der Waals surface area contributed by atoms with Gasteiger partial charge in [-0.15, -0.1) is 0 Å². The van der Waals surface area contributed by atoms with E-state index in [9.17, 15) is 4.79 Å². The van der Waals surface area contributed by atoms with Crippen LogP contribution in [0, 0.1) is 19.9 Å². The fourth-order valence-electron chi connectivity index (χ4n) is 3.09. The first-order valence-corrected chi connectivity index (χ1v) is 8.27. The molecule has 2 heterocycles. The molecule has 1 aliphatic heterocycles. The zero-order valence-corrected chi connectivity index (χ0v) is 14.2. The van der Waals surface area contributed by atoms with Gasteiger partial charge in [0, 0.05) is 50.6 Å². The quantitative estimate of drug-likeness (QED) is 0.937. The van der Waals surface area contributed by atoms with Gasteiger partial charge >= 0.3 is 0 Å². The second kappa shape index (κ2) is 7.01. The summed E-state index contributed by atoms with van der Waals surface area (Å²) in [5.74, 6) is 1.04. The second-order valence-electron chi connectivity index (χ2n) is 6.23. The lowest BCUT2D eigenvalue weighted by Gasteiger charge is -2.36. The number of amides is 1. The van der Waals surface area contributed by atoms with Gasteiger partial charge in [-0.3, -0.25) is 4.79 Å². The van der Waals surface area contributed by atoms with E-state index < -0.39 is 0 Å². The van der Waals surface area contributed by atoms with Gasteiger partial charge in [-0.1, -0.05) is 18.2 Å². The summed E-state index contributed by atoms with van der Waals surface area (Å²) in [5.41, 5.74) is 9.44. The van der Waals surface area contributed by atoms with Gasteiger partial charge < -0.3 is 15.5 Å². The Morgan fingerprint density at radius 1 is 1.25 bits per heavy atom. The van der Waals surface area contributed by atoms with E-state index in [1.807, 2.05) is 30.2 Å². The van der Waals surface area contributed by atoms with E-state index in [2.05, 4.69) is 28.9 Å². The van der Waals surface area contributed by atoms with Crippen LogP contribution in [0.3, 0.4) is 0 Å². The van der Waals surface area contributed by atoms with Crippen molar-refractivity contribution in [2.45, 2.75) is 20.4 Å². The first-order chi connectivity index (χ1) is 11.6. The molecule has 1 aromatic carbocycles. The van der Waals surface area contributed by atoms with Crippen molar-refractivity contribution in [1.82, 2.24) is 9.88 Å². The van der Waals surface area contributed by atoms with Crippen LogP contribution < -0.4 is 10.6 Å². The topological polar surface area (TPSA) is 62.5 Å². The maximum atomic E-state index is 12.6. The number of rotatable bonds is 3. The van der Waals surface area contributed by atoms with Gasteiger partial charge in [-0.2, -0.15) is 0 Å². The summed E-state index contributed by atoms with van der Waals surface area (Å²) in [6.07, 6.45) is 1.90. The molecule has 0 unspecified atom stereocenters. The number of carbonyl (C=O) groups excluding carboxylic acids is 1. The summed E-state index contributed by atoms with van der Waals surface area (Å²) in [5, 5.41) is 0. The highest BCUT2D eigenvalue weighted by Crippen LogP contribution is 2.20. The van der Waals surface area contributed by atoms with Crippen LogP contribution in [0.1, 0.15) is 27.0 Å². The number of nitrogens with zero attached hydrogens (tertiary/aromatic N) is 3. The molecule has 5 nitrogen and oxygen atoms in total. The average molecular weight is 323 g/mol. The van der Waals surface area contributed by atoms with Crippen molar-refractivity contribution < 1.29 is 4.79 Å². The minimum atomic E-state index is 0.0264. The number of carbonyl (C=O) groups is 1. The predicted octanol–water partition coefficient (Wildman–Crippen LogP) is 1.92. The average Bonchev–Trinajstić information content (AvgIpc) is 2.61. The van der Waals surface area contributed by atoms with E-state index in [0.29, 0.717) is 25.2 Å². The third-order valence-electron chi connectivity index (χ3n) is 4.36. The zero-order chi connectivity index (χ0) is 17.1. The van der Waals surface area contributed by atoms with Gasteiger partial charge in [0.15, 0.2) is 0 Å². The lowest BCUT2D eigenvalue weighted by Crippen LogP contribution is -2.49. The Kier molecular flexibility index (Phi) is 4.81. The largest absolute Gasteiger partial charge is 0.353 e. The van der Waals surface area contributed by atoms with E-state index in [-0.39, 0.29) is 5.91 Å². The Morgan fingerprint density at radius 2 is 2.00 bits per heavy atom. The van der Waals surface area contributed by atoms with Gasteiger partial charge in [0.2, 0.25) is 0 Å². The Morgan fingerprint density at radius 3 is 2.67 bits per heavy atom. The van der Waals surface area contributed by atoms with E-state index >= 15 is 0 Å². The number of aryl methyl sites for hydroxylation is 2. The molecule has 0 spiro atoms. The fourth-order valence-corrected chi connectivity index (χ4v) is 3.09. The molecule has 3 rings (SSSR count). The zero-order valence-electron chi connectivity index (χ0n) is 14.2. The Hall–Kier alpha value is -2.40. The van der Waals surface area contributed by atoms with Crippen LogP contribution in [0.25, 0.3) is 0 Å². The molecule has 1 saturated heterocycles. The molecule has 1 aromatic heterocycles. The molecule has 2 aromatic rings. The van der Waals surface area contributed by atoms with Crippen molar-refractivity contribution >= 4 is 11.7 Å². The lowest BCUT2D eigenvalue weighted by atomic mass is 10.1. The summed E-state index contributed by atoms with van der Waals surface area (Å²) in [7, 11) is 0. The van der Waals surface area contributed by atoms with E-state index in [1.54, 1.807) is 6.07 Å². The van der Waals surface area contributed by atoms with Gasteiger partial charge in [0.05, 0.1) is 0 Å². The number of benzene rings is 1. The molecule has 0 bridgehead atoms. The molecule has 2 N–H and O–H groups in total. The number of piperazine rings is 1. The molecule has 0 aliphatic carbocycles.